The van der Waals surface area contributed by atoms with Crippen LogP contribution in [0.4, 0.5) is 10.5 Å². The molecule has 0 fully saturated rings. The van der Waals surface area contributed by atoms with Gasteiger partial charge in [0.25, 0.3) is 0 Å². The van der Waals surface area contributed by atoms with Crippen molar-refractivity contribution in [2.24, 2.45) is 5.16 Å². The minimum absolute atomic E-state index is 0.195. The summed E-state index contributed by atoms with van der Waals surface area (Å²) in [4.78, 5) is 20.0. The number of para-hydroxylation sites is 1. The van der Waals surface area contributed by atoms with E-state index in [2.05, 4.69) is 17.1 Å². The van der Waals surface area contributed by atoms with Gasteiger partial charge in [0, 0.05) is 24.2 Å². The number of carbonyl (C=O) groups is 1. The number of nitrogens with one attached hydrogen (secondary N) is 1. The van der Waals surface area contributed by atoms with E-state index in [0.29, 0.717) is 19.5 Å². The first kappa shape index (κ1) is 19.5. The van der Waals surface area contributed by atoms with Crippen molar-refractivity contribution in [2.45, 2.75) is 19.4 Å². The number of methoxy groups -OCH3 is 1. The third kappa shape index (κ3) is 4.71. The van der Waals surface area contributed by atoms with E-state index in [1.165, 1.54) is 0 Å². The second-order valence-electron chi connectivity index (χ2n) is 6.66. The van der Waals surface area contributed by atoms with Crippen LogP contribution in [0.3, 0.4) is 0 Å². The van der Waals surface area contributed by atoms with Gasteiger partial charge in [-0.05, 0) is 36.8 Å². The van der Waals surface area contributed by atoms with E-state index in [4.69, 9.17) is 9.57 Å². The Morgan fingerprint density at radius 2 is 2.18 bits per heavy atom. The molecule has 0 spiro atoms. The lowest BCUT2D eigenvalue weighted by Crippen LogP contribution is -2.40. The van der Waals surface area contributed by atoms with E-state index in [-0.39, 0.29) is 12.1 Å². The lowest BCUT2D eigenvalue weighted by molar-refractivity contribution is 0.0645. The zero-order chi connectivity index (χ0) is 19.9. The molecule has 0 radical (unpaired) electrons. The number of amides is 2. The zero-order valence-electron chi connectivity index (χ0n) is 16.2. The van der Waals surface area contributed by atoms with E-state index in [1.54, 1.807) is 18.1 Å². The van der Waals surface area contributed by atoms with Crippen LogP contribution in [0.1, 0.15) is 17.5 Å². The second kappa shape index (κ2) is 9.08. The Balaban J connectivity index is 1.63. The molecule has 2 amide bonds. The summed E-state index contributed by atoms with van der Waals surface area (Å²) in [5.41, 5.74) is 3.58. The van der Waals surface area contributed by atoms with Crippen molar-refractivity contribution in [3.63, 3.8) is 0 Å². The number of aryl methyl sites for hydroxylation is 1. The molecule has 0 bridgehead atoms. The van der Waals surface area contributed by atoms with Crippen molar-refractivity contribution in [1.29, 1.82) is 0 Å². The summed E-state index contributed by atoms with van der Waals surface area (Å²) in [5, 5.41) is 7.15. The molecule has 1 aliphatic heterocycles. The topological polar surface area (TPSA) is 63.2 Å². The molecule has 2 aromatic rings. The molecule has 1 aliphatic rings. The molecule has 3 rings (SSSR count). The van der Waals surface area contributed by atoms with Gasteiger partial charge in [-0.25, -0.2) is 4.79 Å². The largest absolute Gasteiger partial charge is 0.496 e. The molecule has 0 aliphatic carbocycles. The maximum atomic E-state index is 12.7. The van der Waals surface area contributed by atoms with E-state index in [0.717, 1.165) is 28.3 Å². The van der Waals surface area contributed by atoms with Gasteiger partial charge in [0.2, 0.25) is 0 Å². The Morgan fingerprint density at radius 3 is 2.93 bits per heavy atom. The van der Waals surface area contributed by atoms with E-state index in [9.17, 15) is 4.79 Å². The number of anilines is 1. The lowest BCUT2D eigenvalue weighted by atomic mass is 10.0. The van der Waals surface area contributed by atoms with Crippen molar-refractivity contribution in [3.8, 4) is 5.75 Å². The van der Waals surface area contributed by atoms with Crippen LogP contribution in [0.5, 0.6) is 5.75 Å². The summed E-state index contributed by atoms with van der Waals surface area (Å²) in [6, 6.07) is 15.2. The molecule has 6 heteroatoms. The van der Waals surface area contributed by atoms with Crippen LogP contribution in [-0.2, 0) is 4.84 Å². The number of ether oxygens (including phenoxy) is 1. The van der Waals surface area contributed by atoms with Crippen molar-refractivity contribution >= 4 is 17.4 Å². The van der Waals surface area contributed by atoms with Crippen molar-refractivity contribution in [3.05, 3.63) is 72.3 Å². The van der Waals surface area contributed by atoms with E-state index in [1.807, 2.05) is 55.5 Å². The number of carbonyl (C=O) groups excluding carboxylic acids is 1. The molecular weight excluding hydrogens is 354 g/mol. The lowest BCUT2D eigenvalue weighted by Gasteiger charge is -2.24. The molecule has 0 aromatic heterocycles. The normalized spacial score (nSPS) is 15.4. The molecule has 6 nitrogen and oxygen atoms in total. The zero-order valence-corrected chi connectivity index (χ0v) is 16.2. The highest BCUT2D eigenvalue weighted by molar-refractivity contribution is 6.03. The molecule has 0 saturated heterocycles. The predicted octanol–water partition coefficient (Wildman–Crippen LogP) is 4.22. The Labute approximate surface area is 165 Å². The molecule has 1 atom stereocenters. The maximum Gasteiger partial charge on any atom is 0.322 e. The van der Waals surface area contributed by atoms with Crippen LogP contribution in [0, 0.1) is 6.92 Å². The number of hydrogen-bond donors (Lipinski definition) is 1. The van der Waals surface area contributed by atoms with Gasteiger partial charge in [-0.2, -0.15) is 0 Å². The van der Waals surface area contributed by atoms with Crippen LogP contribution in [0.2, 0.25) is 0 Å². The van der Waals surface area contributed by atoms with E-state index >= 15 is 0 Å². The Kier molecular flexibility index (Phi) is 6.32. The summed E-state index contributed by atoms with van der Waals surface area (Å²) in [6.07, 6.45) is 2.08. The Bertz CT molecular complexity index is 879. The van der Waals surface area contributed by atoms with Crippen molar-refractivity contribution < 1.29 is 14.4 Å². The van der Waals surface area contributed by atoms with Gasteiger partial charge in [-0.15, -0.1) is 6.58 Å². The minimum Gasteiger partial charge on any atom is -0.496 e. The average molecular weight is 379 g/mol. The third-order valence-electron chi connectivity index (χ3n) is 4.48. The molecular formula is C22H25N3O3. The van der Waals surface area contributed by atoms with Gasteiger partial charge in [0.1, 0.15) is 5.75 Å². The number of rotatable bonds is 7. The van der Waals surface area contributed by atoms with Gasteiger partial charge in [-0.1, -0.05) is 35.5 Å². The van der Waals surface area contributed by atoms with Gasteiger partial charge >= 0.3 is 6.03 Å². The number of urea groups is 1. The number of benzene rings is 2. The monoisotopic (exact) mass is 379 g/mol. The van der Waals surface area contributed by atoms with Crippen molar-refractivity contribution in [1.82, 2.24) is 4.90 Å². The molecule has 28 heavy (non-hydrogen) atoms. The molecule has 1 heterocycles. The van der Waals surface area contributed by atoms with E-state index < -0.39 is 0 Å². The standard InChI is InChI=1S/C22H25N3O3/c1-4-12-25(22(26)23-17-9-7-8-16(2)13-17)15-18-14-20(24-28-18)19-10-5-6-11-21(19)27-3/h4-11,13,18H,1,12,14-15H2,2-3H3,(H,23,26)/t18-/m1/s1. The third-order valence-corrected chi connectivity index (χ3v) is 4.48. The minimum atomic E-state index is -0.219. The van der Waals surface area contributed by atoms with Gasteiger partial charge in [0.05, 0.1) is 19.4 Å². The number of nitrogens with zero attached hydrogens (tertiary/aromatic N) is 2. The molecule has 1 N–H and O–H groups in total. The first-order chi connectivity index (χ1) is 13.6. The maximum absolute atomic E-state index is 12.7. The van der Waals surface area contributed by atoms with Gasteiger partial charge < -0.3 is 19.8 Å². The average Bonchev–Trinajstić information content (AvgIpc) is 3.16. The fourth-order valence-corrected chi connectivity index (χ4v) is 3.14. The van der Waals surface area contributed by atoms with Gasteiger partial charge in [0.15, 0.2) is 6.10 Å². The van der Waals surface area contributed by atoms with Gasteiger partial charge in [-0.3, -0.25) is 0 Å². The fourth-order valence-electron chi connectivity index (χ4n) is 3.14. The molecule has 0 saturated carbocycles. The van der Waals surface area contributed by atoms with Crippen molar-refractivity contribution in [2.75, 3.05) is 25.5 Å². The summed E-state index contributed by atoms with van der Waals surface area (Å²) >= 11 is 0. The smallest absolute Gasteiger partial charge is 0.322 e. The highest BCUT2D eigenvalue weighted by Gasteiger charge is 2.27. The summed E-state index contributed by atoms with van der Waals surface area (Å²) in [5.74, 6) is 0.755. The summed E-state index contributed by atoms with van der Waals surface area (Å²) in [7, 11) is 1.63. The first-order valence-electron chi connectivity index (χ1n) is 9.20. The molecule has 146 valence electrons. The summed E-state index contributed by atoms with van der Waals surface area (Å²) in [6.45, 7) is 6.57. The van der Waals surface area contributed by atoms with Crippen LogP contribution in [-0.4, -0.2) is 42.9 Å². The van der Waals surface area contributed by atoms with Crippen LogP contribution >= 0.6 is 0 Å². The molecule has 0 unspecified atom stereocenters. The van der Waals surface area contributed by atoms with Crippen LogP contribution in [0.15, 0.2) is 66.3 Å². The molecule has 2 aromatic carbocycles. The first-order valence-corrected chi connectivity index (χ1v) is 9.20. The number of oxime groups is 1. The second-order valence-corrected chi connectivity index (χ2v) is 6.66. The Hall–Kier alpha value is -3.28. The SMILES string of the molecule is C=CCN(C[C@H]1CC(c2ccccc2OC)=NO1)C(=O)Nc1cccc(C)c1. The number of hydrogen-bond acceptors (Lipinski definition) is 4. The fraction of sp³-hybridized carbons (Fsp3) is 0.273. The van der Waals surface area contributed by atoms with Crippen LogP contribution in [0.25, 0.3) is 0 Å². The highest BCUT2D eigenvalue weighted by atomic mass is 16.6. The highest BCUT2D eigenvalue weighted by Crippen LogP contribution is 2.25. The predicted molar refractivity (Wildman–Crippen MR) is 111 cm³/mol. The quantitative estimate of drug-likeness (QED) is 0.733. The van der Waals surface area contributed by atoms with Crippen LogP contribution < -0.4 is 10.1 Å². The Morgan fingerprint density at radius 1 is 1.36 bits per heavy atom. The summed E-state index contributed by atoms with van der Waals surface area (Å²) < 4.78 is 5.40.